The Morgan fingerprint density at radius 1 is 1.17 bits per heavy atom. The monoisotopic (exact) mass is 394 g/mol. The molecule has 0 spiro atoms. The smallest absolute Gasteiger partial charge is 0.255 e. The van der Waals surface area contributed by atoms with Gasteiger partial charge in [-0.15, -0.1) is 0 Å². The molecule has 152 valence electrons. The van der Waals surface area contributed by atoms with E-state index in [-0.39, 0.29) is 17.8 Å². The SMILES string of the molecule is Cc1cc(C)n(Cc2cccc(C(=O)Nc3ccc(N(C)C(C)C)c(F)c3)c2)n1. The van der Waals surface area contributed by atoms with Crippen molar-refractivity contribution in [1.29, 1.82) is 0 Å². The standard InChI is InChI=1S/C23H27FN4O/c1-15(2)27(5)22-10-9-20(13-21(22)24)25-23(29)19-8-6-7-18(12-19)14-28-17(4)11-16(3)26-28/h6-13,15H,14H2,1-5H3,(H,25,29). The van der Waals surface area contributed by atoms with Crippen LogP contribution >= 0.6 is 0 Å². The maximum absolute atomic E-state index is 14.5. The molecule has 5 nitrogen and oxygen atoms in total. The number of anilines is 2. The number of rotatable bonds is 6. The number of carbonyl (C=O) groups is 1. The molecular formula is C23H27FN4O. The summed E-state index contributed by atoms with van der Waals surface area (Å²) in [4.78, 5) is 14.5. The third-order valence-electron chi connectivity index (χ3n) is 4.99. The van der Waals surface area contributed by atoms with Crippen molar-refractivity contribution in [3.05, 3.63) is 76.9 Å². The van der Waals surface area contributed by atoms with E-state index in [1.807, 2.05) is 68.6 Å². The largest absolute Gasteiger partial charge is 0.370 e. The van der Waals surface area contributed by atoms with E-state index in [0.29, 0.717) is 23.5 Å². The van der Waals surface area contributed by atoms with Crippen molar-refractivity contribution in [3.8, 4) is 0 Å². The van der Waals surface area contributed by atoms with Crippen LogP contribution in [0.25, 0.3) is 0 Å². The van der Waals surface area contributed by atoms with Crippen molar-refractivity contribution in [2.75, 3.05) is 17.3 Å². The molecular weight excluding hydrogens is 367 g/mol. The predicted molar refractivity (Wildman–Crippen MR) is 115 cm³/mol. The predicted octanol–water partition coefficient (Wildman–Crippen LogP) is 4.78. The van der Waals surface area contributed by atoms with Crippen molar-refractivity contribution in [1.82, 2.24) is 9.78 Å². The van der Waals surface area contributed by atoms with Crippen molar-refractivity contribution in [3.63, 3.8) is 0 Å². The molecule has 0 atom stereocenters. The van der Waals surface area contributed by atoms with E-state index in [1.54, 1.807) is 18.2 Å². The Labute approximate surface area is 171 Å². The molecule has 1 aromatic heterocycles. The summed E-state index contributed by atoms with van der Waals surface area (Å²) < 4.78 is 16.4. The van der Waals surface area contributed by atoms with Gasteiger partial charge >= 0.3 is 0 Å². The molecule has 0 bridgehead atoms. The molecule has 3 rings (SSSR count). The Morgan fingerprint density at radius 2 is 1.93 bits per heavy atom. The van der Waals surface area contributed by atoms with Crippen LogP contribution in [0, 0.1) is 19.7 Å². The zero-order chi connectivity index (χ0) is 21.1. The highest BCUT2D eigenvalue weighted by atomic mass is 19.1. The Hall–Kier alpha value is -3.15. The van der Waals surface area contributed by atoms with Gasteiger partial charge in [-0.05, 0) is 69.7 Å². The first-order valence-electron chi connectivity index (χ1n) is 9.68. The lowest BCUT2D eigenvalue weighted by Gasteiger charge is -2.24. The van der Waals surface area contributed by atoms with E-state index in [1.165, 1.54) is 6.07 Å². The highest BCUT2D eigenvalue weighted by molar-refractivity contribution is 6.04. The Bertz CT molecular complexity index is 1030. The topological polar surface area (TPSA) is 50.2 Å². The molecule has 0 aliphatic heterocycles. The molecule has 2 aromatic carbocycles. The minimum atomic E-state index is -0.364. The summed E-state index contributed by atoms with van der Waals surface area (Å²) in [5, 5.41) is 7.24. The van der Waals surface area contributed by atoms with Crippen molar-refractivity contribution < 1.29 is 9.18 Å². The van der Waals surface area contributed by atoms with Crippen molar-refractivity contribution >= 4 is 17.3 Å². The highest BCUT2D eigenvalue weighted by Gasteiger charge is 2.13. The summed E-state index contributed by atoms with van der Waals surface area (Å²) in [5.41, 5.74) is 4.46. The van der Waals surface area contributed by atoms with Crippen LogP contribution in [0.5, 0.6) is 0 Å². The lowest BCUT2D eigenvalue weighted by molar-refractivity contribution is 0.102. The van der Waals surface area contributed by atoms with E-state index in [2.05, 4.69) is 10.4 Å². The molecule has 29 heavy (non-hydrogen) atoms. The van der Waals surface area contributed by atoms with E-state index in [4.69, 9.17) is 0 Å². The summed E-state index contributed by atoms with van der Waals surface area (Å²) in [7, 11) is 1.84. The Balaban J connectivity index is 1.74. The lowest BCUT2D eigenvalue weighted by atomic mass is 10.1. The summed E-state index contributed by atoms with van der Waals surface area (Å²) in [5.74, 6) is -0.637. The van der Waals surface area contributed by atoms with E-state index in [0.717, 1.165) is 17.0 Å². The molecule has 3 aromatic rings. The van der Waals surface area contributed by atoms with E-state index >= 15 is 0 Å². The minimum Gasteiger partial charge on any atom is -0.370 e. The number of benzene rings is 2. The number of nitrogens with one attached hydrogen (secondary N) is 1. The van der Waals surface area contributed by atoms with Crippen LogP contribution in [0.2, 0.25) is 0 Å². The molecule has 1 amide bonds. The van der Waals surface area contributed by atoms with Crippen LogP contribution in [0.4, 0.5) is 15.8 Å². The molecule has 0 aliphatic carbocycles. The second-order valence-corrected chi connectivity index (χ2v) is 7.61. The molecule has 0 fully saturated rings. The normalized spacial score (nSPS) is 11.0. The molecule has 6 heteroatoms. The van der Waals surface area contributed by atoms with Gasteiger partial charge in [0.1, 0.15) is 5.82 Å². The first-order valence-corrected chi connectivity index (χ1v) is 9.68. The molecule has 1 heterocycles. The fourth-order valence-corrected chi connectivity index (χ4v) is 3.17. The minimum absolute atomic E-state index is 0.176. The maximum Gasteiger partial charge on any atom is 0.255 e. The number of hydrogen-bond acceptors (Lipinski definition) is 3. The third-order valence-corrected chi connectivity index (χ3v) is 4.99. The highest BCUT2D eigenvalue weighted by Crippen LogP contribution is 2.24. The fraction of sp³-hybridized carbons (Fsp3) is 0.304. The molecule has 0 unspecified atom stereocenters. The van der Waals surface area contributed by atoms with Crippen molar-refractivity contribution in [2.45, 2.75) is 40.3 Å². The summed E-state index contributed by atoms with van der Waals surface area (Å²) >= 11 is 0. The van der Waals surface area contributed by atoms with Gasteiger partial charge in [-0.25, -0.2) is 4.39 Å². The van der Waals surface area contributed by atoms with Gasteiger partial charge in [0.15, 0.2) is 0 Å². The average molecular weight is 394 g/mol. The lowest BCUT2D eigenvalue weighted by Crippen LogP contribution is -2.26. The number of hydrogen-bond donors (Lipinski definition) is 1. The van der Waals surface area contributed by atoms with Gasteiger partial charge in [0.25, 0.3) is 5.91 Å². The van der Waals surface area contributed by atoms with Gasteiger partial charge < -0.3 is 10.2 Å². The number of nitrogens with zero attached hydrogens (tertiary/aromatic N) is 3. The maximum atomic E-state index is 14.5. The van der Waals surface area contributed by atoms with E-state index < -0.39 is 0 Å². The number of aryl methyl sites for hydroxylation is 2. The Morgan fingerprint density at radius 3 is 2.55 bits per heavy atom. The molecule has 0 saturated carbocycles. The van der Waals surface area contributed by atoms with Crippen LogP contribution in [0.3, 0.4) is 0 Å². The van der Waals surface area contributed by atoms with Gasteiger partial charge in [0.2, 0.25) is 0 Å². The number of halogens is 1. The van der Waals surface area contributed by atoms with Crippen LogP contribution < -0.4 is 10.2 Å². The van der Waals surface area contributed by atoms with Crippen LogP contribution in [0.1, 0.15) is 41.2 Å². The fourth-order valence-electron chi connectivity index (χ4n) is 3.17. The number of aromatic nitrogens is 2. The van der Waals surface area contributed by atoms with Gasteiger partial charge in [0.05, 0.1) is 17.9 Å². The molecule has 0 aliphatic rings. The van der Waals surface area contributed by atoms with Gasteiger partial charge in [-0.1, -0.05) is 12.1 Å². The third kappa shape index (κ3) is 4.83. The molecule has 1 N–H and O–H groups in total. The number of carbonyl (C=O) groups excluding carboxylic acids is 1. The summed E-state index contributed by atoms with van der Waals surface area (Å²) in [6.07, 6.45) is 0. The first kappa shape index (κ1) is 20.6. The van der Waals surface area contributed by atoms with Crippen LogP contribution in [-0.2, 0) is 6.54 Å². The average Bonchev–Trinajstić information content (AvgIpc) is 2.98. The summed E-state index contributed by atoms with van der Waals surface area (Å²) in [6.45, 7) is 8.54. The van der Waals surface area contributed by atoms with Gasteiger partial charge in [-0.3, -0.25) is 9.48 Å². The Kier molecular flexibility index (Phi) is 6.01. The first-order chi connectivity index (χ1) is 13.7. The van der Waals surface area contributed by atoms with Crippen molar-refractivity contribution in [2.24, 2.45) is 0 Å². The van der Waals surface area contributed by atoms with E-state index in [9.17, 15) is 9.18 Å². The molecule has 0 saturated heterocycles. The summed E-state index contributed by atoms with van der Waals surface area (Å²) in [6, 6.07) is 14.3. The van der Waals surface area contributed by atoms with Gasteiger partial charge in [0, 0.05) is 30.0 Å². The number of amides is 1. The molecule has 0 radical (unpaired) electrons. The quantitative estimate of drug-likeness (QED) is 0.654. The van der Waals surface area contributed by atoms with Crippen LogP contribution in [-0.4, -0.2) is 28.8 Å². The zero-order valence-corrected chi connectivity index (χ0v) is 17.5. The van der Waals surface area contributed by atoms with Crippen LogP contribution in [0.15, 0.2) is 48.5 Å². The second-order valence-electron chi connectivity index (χ2n) is 7.61. The second kappa shape index (κ2) is 8.47. The van der Waals surface area contributed by atoms with Gasteiger partial charge in [-0.2, -0.15) is 5.10 Å². The zero-order valence-electron chi connectivity index (χ0n) is 17.5.